The molecule has 0 radical (unpaired) electrons. The summed E-state index contributed by atoms with van der Waals surface area (Å²) in [6, 6.07) is 3.44. The Labute approximate surface area is 91.9 Å². The fourth-order valence-electron chi connectivity index (χ4n) is 1.13. The lowest BCUT2D eigenvalue weighted by atomic mass is 10.1. The molecule has 0 saturated heterocycles. The van der Waals surface area contributed by atoms with Crippen molar-refractivity contribution in [1.82, 2.24) is 0 Å². The Morgan fingerprint density at radius 2 is 1.65 bits per heavy atom. The van der Waals surface area contributed by atoms with E-state index in [-0.39, 0.29) is 0 Å². The van der Waals surface area contributed by atoms with Crippen LogP contribution in [-0.2, 0) is 5.92 Å². The highest BCUT2D eigenvalue weighted by molar-refractivity contribution is 5.84. The fourth-order valence-corrected chi connectivity index (χ4v) is 1.13. The van der Waals surface area contributed by atoms with Crippen LogP contribution in [0.1, 0.15) is 5.56 Å². The first-order chi connectivity index (χ1) is 7.66. The number of para-hydroxylation sites is 1. The summed E-state index contributed by atoms with van der Waals surface area (Å²) in [5.41, 5.74) is -2.24. The highest BCUT2D eigenvalue weighted by atomic mass is 19.4. The second-order valence-electron chi connectivity index (χ2n) is 3.05. The van der Waals surface area contributed by atoms with Gasteiger partial charge >= 0.3 is 18.2 Å². The number of benzene rings is 1. The van der Waals surface area contributed by atoms with Crippen molar-refractivity contribution in [2.45, 2.75) is 12.1 Å². The van der Waals surface area contributed by atoms with Crippen LogP contribution in [-0.4, -0.2) is 17.4 Å². The maximum atomic E-state index is 13.0. The lowest BCUT2D eigenvalue weighted by Crippen LogP contribution is -2.34. The van der Waals surface area contributed by atoms with E-state index in [1.165, 1.54) is 5.32 Å². The summed E-state index contributed by atoms with van der Waals surface area (Å²) < 4.78 is 62.4. The van der Waals surface area contributed by atoms with Crippen LogP contribution in [0, 0.1) is 0 Å². The average molecular weight is 255 g/mol. The molecule has 8 heteroatoms. The van der Waals surface area contributed by atoms with Gasteiger partial charge in [-0.1, -0.05) is 18.2 Å². The molecule has 0 heterocycles. The number of hydrogen-bond acceptors (Lipinski definition) is 1. The molecule has 1 aromatic rings. The Morgan fingerprint density at radius 1 is 1.12 bits per heavy atom. The van der Waals surface area contributed by atoms with Crippen LogP contribution in [0.25, 0.3) is 0 Å². The molecule has 1 amide bonds. The third kappa shape index (κ3) is 2.63. The van der Waals surface area contributed by atoms with E-state index in [4.69, 9.17) is 5.11 Å². The van der Waals surface area contributed by atoms with Gasteiger partial charge in [-0.3, -0.25) is 5.32 Å². The number of carboxylic acid groups (broad SMARTS) is 1. The molecule has 0 unspecified atom stereocenters. The van der Waals surface area contributed by atoms with Crippen molar-refractivity contribution < 1.29 is 31.9 Å². The molecule has 0 bridgehead atoms. The van der Waals surface area contributed by atoms with E-state index in [1.54, 1.807) is 0 Å². The van der Waals surface area contributed by atoms with Crippen molar-refractivity contribution in [1.29, 1.82) is 0 Å². The topological polar surface area (TPSA) is 49.3 Å². The normalized spacial score (nSPS) is 12.3. The summed E-state index contributed by atoms with van der Waals surface area (Å²) in [5, 5.41) is 9.81. The summed E-state index contributed by atoms with van der Waals surface area (Å²) >= 11 is 0. The molecule has 3 nitrogen and oxygen atoms in total. The van der Waals surface area contributed by atoms with Crippen LogP contribution < -0.4 is 5.32 Å². The monoisotopic (exact) mass is 255 g/mol. The average Bonchev–Trinajstić information content (AvgIpc) is 2.15. The predicted molar refractivity (Wildman–Crippen MR) is 48.0 cm³/mol. The number of halogens is 5. The van der Waals surface area contributed by atoms with Crippen LogP contribution in [0.5, 0.6) is 0 Å². The van der Waals surface area contributed by atoms with E-state index < -0.39 is 29.4 Å². The molecule has 0 fully saturated rings. The van der Waals surface area contributed by atoms with Crippen LogP contribution in [0.2, 0.25) is 0 Å². The van der Waals surface area contributed by atoms with E-state index in [0.717, 1.165) is 18.2 Å². The maximum Gasteiger partial charge on any atom is 0.458 e. The van der Waals surface area contributed by atoms with Gasteiger partial charge in [0.15, 0.2) is 0 Å². The molecule has 0 atom stereocenters. The van der Waals surface area contributed by atoms with E-state index in [9.17, 15) is 26.7 Å². The second-order valence-corrected chi connectivity index (χ2v) is 3.05. The Hall–Kier alpha value is -1.86. The Bertz CT molecular complexity index is 430. The number of nitrogens with one attached hydrogen (secondary N) is 1. The number of anilines is 1. The molecule has 1 rings (SSSR count). The standard InChI is InChI=1S/C9H6F5NO2/c10-8(11,9(12,13)14)5-3-1-2-4-6(5)15-7(16)17/h1-4,15H,(H,16,17). The molecule has 2 N–H and O–H groups in total. The highest BCUT2D eigenvalue weighted by Crippen LogP contribution is 2.46. The summed E-state index contributed by atoms with van der Waals surface area (Å²) in [6.45, 7) is 0. The van der Waals surface area contributed by atoms with Crippen LogP contribution in [0.4, 0.5) is 32.4 Å². The fraction of sp³-hybridized carbons (Fsp3) is 0.222. The minimum atomic E-state index is -5.79. The molecule has 0 saturated carbocycles. The zero-order valence-electron chi connectivity index (χ0n) is 8.05. The number of rotatable bonds is 2. The lowest BCUT2D eigenvalue weighted by Gasteiger charge is -2.22. The Balaban J connectivity index is 3.26. The van der Waals surface area contributed by atoms with Crippen LogP contribution in [0.15, 0.2) is 24.3 Å². The molecule has 0 aromatic heterocycles. The lowest BCUT2D eigenvalue weighted by molar-refractivity contribution is -0.289. The molecule has 94 valence electrons. The second kappa shape index (κ2) is 4.19. The van der Waals surface area contributed by atoms with Crippen molar-refractivity contribution in [3.8, 4) is 0 Å². The number of amides is 1. The molecule has 0 spiro atoms. The quantitative estimate of drug-likeness (QED) is 0.795. The van der Waals surface area contributed by atoms with Gasteiger partial charge in [0.1, 0.15) is 0 Å². The van der Waals surface area contributed by atoms with Crippen molar-refractivity contribution in [3.63, 3.8) is 0 Å². The predicted octanol–water partition coefficient (Wildman–Crippen LogP) is 3.43. The third-order valence-electron chi connectivity index (χ3n) is 1.86. The highest BCUT2D eigenvalue weighted by Gasteiger charge is 2.59. The van der Waals surface area contributed by atoms with Gasteiger partial charge in [-0.15, -0.1) is 0 Å². The summed E-state index contributed by atoms with van der Waals surface area (Å²) in [7, 11) is 0. The largest absolute Gasteiger partial charge is 0.465 e. The van der Waals surface area contributed by atoms with Crippen molar-refractivity contribution in [2.75, 3.05) is 5.32 Å². The Morgan fingerprint density at radius 3 is 2.12 bits per heavy atom. The number of alkyl halides is 5. The molecule has 0 aliphatic heterocycles. The minimum Gasteiger partial charge on any atom is -0.465 e. The van der Waals surface area contributed by atoms with Gasteiger partial charge in [0.25, 0.3) is 0 Å². The molecule has 1 aromatic carbocycles. The van der Waals surface area contributed by atoms with Gasteiger partial charge < -0.3 is 5.11 Å². The van der Waals surface area contributed by atoms with Crippen molar-refractivity contribution >= 4 is 11.8 Å². The van der Waals surface area contributed by atoms with E-state index in [2.05, 4.69) is 0 Å². The zero-order valence-corrected chi connectivity index (χ0v) is 8.05. The third-order valence-corrected chi connectivity index (χ3v) is 1.86. The smallest absolute Gasteiger partial charge is 0.458 e. The molecular weight excluding hydrogens is 249 g/mol. The number of hydrogen-bond donors (Lipinski definition) is 2. The van der Waals surface area contributed by atoms with Crippen molar-refractivity contribution in [3.05, 3.63) is 29.8 Å². The van der Waals surface area contributed by atoms with E-state index in [0.29, 0.717) is 6.07 Å². The molecule has 0 aliphatic rings. The first kappa shape index (κ1) is 13.2. The first-order valence-electron chi connectivity index (χ1n) is 4.20. The number of carbonyl (C=O) groups is 1. The minimum absolute atomic E-state index is 0.513. The Kier molecular flexibility index (Phi) is 3.25. The van der Waals surface area contributed by atoms with Gasteiger partial charge in [-0.25, -0.2) is 4.79 Å². The van der Waals surface area contributed by atoms with Gasteiger partial charge in [-0.2, -0.15) is 22.0 Å². The first-order valence-corrected chi connectivity index (χ1v) is 4.20. The van der Waals surface area contributed by atoms with Crippen molar-refractivity contribution in [2.24, 2.45) is 0 Å². The SMILES string of the molecule is O=C(O)Nc1ccccc1C(F)(F)C(F)(F)F. The van der Waals surface area contributed by atoms with Gasteiger partial charge in [0.05, 0.1) is 11.3 Å². The maximum absolute atomic E-state index is 13.0. The van der Waals surface area contributed by atoms with Gasteiger partial charge in [0, 0.05) is 0 Å². The summed E-state index contributed by atoms with van der Waals surface area (Å²) in [6.07, 6.45) is -7.51. The zero-order chi connectivity index (χ0) is 13.3. The van der Waals surface area contributed by atoms with Crippen LogP contribution >= 0.6 is 0 Å². The van der Waals surface area contributed by atoms with Crippen LogP contribution in [0.3, 0.4) is 0 Å². The molecular formula is C9H6F5NO2. The van der Waals surface area contributed by atoms with E-state index in [1.807, 2.05) is 0 Å². The summed E-state index contributed by atoms with van der Waals surface area (Å²) in [4.78, 5) is 10.3. The van der Waals surface area contributed by atoms with E-state index >= 15 is 0 Å². The summed E-state index contributed by atoms with van der Waals surface area (Å²) in [5.74, 6) is -5.12. The van der Waals surface area contributed by atoms with Gasteiger partial charge in [0.2, 0.25) is 0 Å². The van der Waals surface area contributed by atoms with Gasteiger partial charge in [-0.05, 0) is 6.07 Å². The molecule has 17 heavy (non-hydrogen) atoms. The molecule has 0 aliphatic carbocycles.